The van der Waals surface area contributed by atoms with Gasteiger partial charge >= 0.3 is 0 Å². The molecule has 0 aromatic heterocycles. The first-order chi connectivity index (χ1) is 4.83. The summed E-state index contributed by atoms with van der Waals surface area (Å²) in [7, 11) is 7.11. The van der Waals surface area contributed by atoms with Gasteiger partial charge in [0.25, 0.3) is 0 Å². The Bertz CT molecular complexity index is 143. The zero-order valence-electron chi connectivity index (χ0n) is 6.18. The maximum absolute atomic E-state index is 11.3. The second-order valence-electron chi connectivity index (χ2n) is 2.54. The number of hydrogen-bond acceptors (Lipinski definition) is 1. The lowest BCUT2D eigenvalue weighted by molar-refractivity contribution is 0.480. The van der Waals surface area contributed by atoms with Gasteiger partial charge in [0.05, 0.1) is 0 Å². The molecule has 0 aliphatic heterocycles. The molecule has 1 N–H and O–H groups in total. The van der Waals surface area contributed by atoms with Gasteiger partial charge in [0.1, 0.15) is 0 Å². The van der Waals surface area contributed by atoms with Gasteiger partial charge < -0.3 is 4.89 Å². The quantitative estimate of drug-likeness (QED) is 0.766. The van der Waals surface area contributed by atoms with Crippen LogP contribution in [0, 0.1) is 0 Å². The largest absolute Gasteiger partial charge is 0.344 e. The fourth-order valence-corrected chi connectivity index (χ4v) is 6.15. The minimum atomic E-state index is -2.89. The molecule has 7 heteroatoms. The molecule has 0 aliphatic rings. The molecule has 0 aliphatic carbocycles. The first-order valence-corrected chi connectivity index (χ1v) is 7.86. The highest BCUT2D eigenvalue weighted by molar-refractivity contribution is 7.60. The summed E-state index contributed by atoms with van der Waals surface area (Å²) >= 11 is 0. The Labute approximate surface area is 77.3 Å². The molecule has 0 rings (SSSR count). The summed E-state index contributed by atoms with van der Waals surface area (Å²) < 4.78 is 11.3. The van der Waals surface area contributed by atoms with Crippen molar-refractivity contribution in [3.63, 3.8) is 0 Å². The summed E-state index contributed by atoms with van der Waals surface area (Å²) in [6, 6.07) is 0. The topological polar surface area (TPSA) is 37.3 Å². The zero-order valence-corrected chi connectivity index (χ0v) is 11.7. The van der Waals surface area contributed by atoms with Crippen molar-refractivity contribution < 1.29 is 9.46 Å². The van der Waals surface area contributed by atoms with Crippen molar-refractivity contribution in [2.75, 3.05) is 12.3 Å². The van der Waals surface area contributed by atoms with Gasteiger partial charge in [0.15, 0.2) is 0 Å². The SMILES string of the molecule is O=P(O)(CC(P)P)CC(P)P. The first kappa shape index (κ1) is 12.9. The van der Waals surface area contributed by atoms with Crippen LogP contribution < -0.4 is 0 Å². The Kier molecular flexibility index (Phi) is 6.57. The van der Waals surface area contributed by atoms with Crippen LogP contribution in [-0.2, 0) is 4.57 Å². The molecular weight excluding hydrogens is 235 g/mol. The van der Waals surface area contributed by atoms with Crippen molar-refractivity contribution in [3.05, 3.63) is 0 Å². The Balaban J connectivity index is 3.91. The molecule has 4 atom stereocenters. The lowest BCUT2D eigenvalue weighted by atomic mass is 10.9. The van der Waals surface area contributed by atoms with E-state index in [1.807, 2.05) is 0 Å². The highest BCUT2D eigenvalue weighted by Crippen LogP contribution is 2.46. The van der Waals surface area contributed by atoms with E-state index in [9.17, 15) is 9.46 Å². The molecule has 0 aromatic carbocycles. The molecule has 0 aromatic rings. The van der Waals surface area contributed by atoms with Crippen LogP contribution in [0.1, 0.15) is 0 Å². The first-order valence-electron chi connectivity index (χ1n) is 3.16. The second kappa shape index (κ2) is 5.60. The van der Waals surface area contributed by atoms with Crippen LogP contribution in [0.5, 0.6) is 0 Å². The van der Waals surface area contributed by atoms with Crippen molar-refractivity contribution in [1.82, 2.24) is 0 Å². The highest BCUT2D eigenvalue weighted by atomic mass is 31.2. The van der Waals surface area contributed by atoms with Crippen LogP contribution in [0.25, 0.3) is 0 Å². The van der Waals surface area contributed by atoms with E-state index >= 15 is 0 Å². The van der Waals surface area contributed by atoms with E-state index in [0.29, 0.717) is 12.3 Å². The molecule has 0 saturated carbocycles. The third-order valence-electron chi connectivity index (χ3n) is 0.992. The predicted octanol–water partition coefficient (Wildman–Crippen LogP) is 1.41. The minimum absolute atomic E-state index is 0.139. The maximum Gasteiger partial charge on any atom is 0.202 e. The Morgan fingerprint density at radius 2 is 1.36 bits per heavy atom. The zero-order chi connectivity index (χ0) is 9.07. The minimum Gasteiger partial charge on any atom is -0.344 e. The number of rotatable bonds is 4. The van der Waals surface area contributed by atoms with Gasteiger partial charge in [-0.15, -0.1) is 37.0 Å². The van der Waals surface area contributed by atoms with Crippen molar-refractivity contribution in [1.29, 1.82) is 0 Å². The van der Waals surface area contributed by atoms with E-state index in [2.05, 4.69) is 37.0 Å². The third kappa shape index (κ3) is 8.25. The molecule has 0 heterocycles. The fourth-order valence-electron chi connectivity index (χ4n) is 0.733. The lowest BCUT2D eigenvalue weighted by Gasteiger charge is -2.14. The standard InChI is InChI=1S/C4H15O2P5/c5-11(6,1-3(7)8)2-4(9)10/h3-4H,1-2,7-10H2,(H,5,6). The monoisotopic (exact) mass is 250 g/mol. The summed E-state index contributed by atoms with van der Waals surface area (Å²) in [6.45, 7) is 0. The normalized spacial score (nSPS) is 13.0. The smallest absolute Gasteiger partial charge is 0.202 e. The molecule has 2 nitrogen and oxygen atoms in total. The summed E-state index contributed by atoms with van der Waals surface area (Å²) in [4.78, 5) is 9.36. The van der Waals surface area contributed by atoms with E-state index < -0.39 is 7.37 Å². The van der Waals surface area contributed by atoms with E-state index in [1.165, 1.54) is 0 Å². The second-order valence-corrected chi connectivity index (χ2v) is 9.93. The lowest BCUT2D eigenvalue weighted by Crippen LogP contribution is -2.04. The van der Waals surface area contributed by atoms with Gasteiger partial charge in [-0.2, -0.15) is 0 Å². The summed E-state index contributed by atoms with van der Waals surface area (Å²) in [5.41, 5.74) is 0. The van der Waals surface area contributed by atoms with Crippen LogP contribution in [0.2, 0.25) is 0 Å². The molecule has 0 amide bonds. The van der Waals surface area contributed by atoms with Crippen molar-refractivity contribution >= 4 is 44.3 Å². The van der Waals surface area contributed by atoms with Crippen LogP contribution in [0.15, 0.2) is 0 Å². The van der Waals surface area contributed by atoms with Crippen molar-refractivity contribution in [3.8, 4) is 0 Å². The summed E-state index contributed by atoms with van der Waals surface area (Å²) in [5.74, 6) is 0. The average molecular weight is 250 g/mol. The predicted molar refractivity (Wildman–Crippen MR) is 66.0 cm³/mol. The Morgan fingerprint density at radius 1 is 1.09 bits per heavy atom. The maximum atomic E-state index is 11.3. The molecule has 0 spiro atoms. The van der Waals surface area contributed by atoms with Gasteiger partial charge in [0, 0.05) is 12.3 Å². The van der Waals surface area contributed by atoms with Crippen LogP contribution in [-0.4, -0.2) is 28.0 Å². The third-order valence-corrected chi connectivity index (χ3v) is 5.51. The van der Waals surface area contributed by atoms with Crippen molar-refractivity contribution in [2.45, 2.75) is 10.8 Å². The molecule has 0 saturated heterocycles. The molecule has 0 radical (unpaired) electrons. The van der Waals surface area contributed by atoms with E-state index in [4.69, 9.17) is 0 Å². The Morgan fingerprint density at radius 3 is 1.55 bits per heavy atom. The summed E-state index contributed by atoms with van der Waals surface area (Å²) in [6.07, 6.45) is 0.725. The average Bonchev–Trinajstić information content (AvgIpc) is 1.53. The Hall–Kier alpha value is 1.91. The molecule has 68 valence electrons. The van der Waals surface area contributed by atoms with Gasteiger partial charge in [0.2, 0.25) is 7.37 Å². The van der Waals surface area contributed by atoms with Gasteiger partial charge in [-0.3, -0.25) is 4.57 Å². The molecule has 0 fully saturated rings. The van der Waals surface area contributed by atoms with Gasteiger partial charge in [-0.05, 0) is 10.8 Å². The highest BCUT2D eigenvalue weighted by Gasteiger charge is 2.21. The van der Waals surface area contributed by atoms with E-state index in [-0.39, 0.29) is 10.8 Å². The van der Waals surface area contributed by atoms with Crippen LogP contribution in [0.3, 0.4) is 0 Å². The van der Waals surface area contributed by atoms with Gasteiger partial charge in [-0.25, -0.2) is 0 Å². The van der Waals surface area contributed by atoms with E-state index in [1.54, 1.807) is 0 Å². The van der Waals surface area contributed by atoms with Gasteiger partial charge in [-0.1, -0.05) is 0 Å². The molecule has 0 bridgehead atoms. The molecule has 4 unspecified atom stereocenters. The van der Waals surface area contributed by atoms with E-state index in [0.717, 1.165) is 0 Å². The fraction of sp³-hybridized carbons (Fsp3) is 1.00. The number of hydrogen-bond donors (Lipinski definition) is 1. The summed E-state index contributed by atoms with van der Waals surface area (Å²) in [5, 5.41) is 0.277. The molecular formula is C4H15O2P5. The van der Waals surface area contributed by atoms with Crippen LogP contribution in [0.4, 0.5) is 0 Å². The van der Waals surface area contributed by atoms with Crippen LogP contribution >= 0.6 is 44.3 Å². The van der Waals surface area contributed by atoms with Crippen molar-refractivity contribution in [2.24, 2.45) is 0 Å². The molecule has 11 heavy (non-hydrogen) atoms.